The lowest BCUT2D eigenvalue weighted by atomic mass is 9.55. The van der Waals surface area contributed by atoms with Gasteiger partial charge < -0.3 is 38.9 Å². The molecule has 5 aromatic rings. The first-order valence-electron chi connectivity index (χ1n) is 24.9. The van der Waals surface area contributed by atoms with Crippen molar-refractivity contribution in [1.82, 2.24) is 4.90 Å². The Bertz CT molecular complexity index is 2720. The molecule has 7 unspecified atom stereocenters. The molecule has 7 atom stereocenters. The Kier molecular flexibility index (Phi) is 15.7. The van der Waals surface area contributed by atoms with Crippen molar-refractivity contribution in [1.29, 1.82) is 5.26 Å². The van der Waals surface area contributed by atoms with Gasteiger partial charge in [-0.2, -0.15) is 5.26 Å². The van der Waals surface area contributed by atoms with Crippen molar-refractivity contribution < 1.29 is 43.2 Å². The normalized spacial score (nSPS) is 24.1. The third kappa shape index (κ3) is 10.3. The number of allylic oxidation sites excluding steroid dienone is 1. The molecule has 5 aromatic carbocycles. The average Bonchev–Trinajstić information content (AvgIpc) is 3.40. The van der Waals surface area contributed by atoms with Crippen LogP contribution in [-0.2, 0) is 27.5 Å². The highest BCUT2D eigenvalue weighted by atomic mass is 19.1. The maximum atomic E-state index is 15.7. The summed E-state index contributed by atoms with van der Waals surface area (Å²) < 4.78 is 42.2. The Morgan fingerprint density at radius 3 is 2.47 bits per heavy atom. The van der Waals surface area contributed by atoms with E-state index in [1.54, 1.807) is 48.5 Å². The zero-order valence-electron chi connectivity index (χ0n) is 39.6. The molecule has 0 radical (unpaired) electrons. The van der Waals surface area contributed by atoms with Gasteiger partial charge in [-0.05, 0) is 121 Å². The van der Waals surface area contributed by atoms with Crippen LogP contribution in [0.15, 0.2) is 139 Å². The average molecular weight is 948 g/mol. The number of amides is 1. The zero-order chi connectivity index (χ0) is 48.5. The first kappa shape index (κ1) is 48.7. The Morgan fingerprint density at radius 2 is 1.70 bits per heavy atom. The lowest BCUT2D eigenvalue weighted by molar-refractivity contribution is -0.255. The standard InChI is InChI=1S/C58H62FN3O8/c1-2-31-68-58-53(62(57(65)41-25-23-39(36-60)24-26-41)37-43-18-13-17-40-14-3-5-19-46(40)43)35-51(61-70-54-22-9-12-32-66-54)48-33-42(15-7-10-29-63)47(20-8-11-30-64)55(56(48)58)49-34-45(27-28-52(49)69-58)67-38-44-16-4-6-21-50(44)59/h2-6,13-14,16-19,21,23-28,33-34,42,47,53-56,63-64H,1,7-12,15,20,22,29-32,35,37-38H2. The third-order valence-electron chi connectivity index (χ3n) is 14.5. The van der Waals surface area contributed by atoms with E-state index in [1.807, 2.05) is 47.4 Å². The molecule has 0 aromatic heterocycles. The minimum Gasteiger partial charge on any atom is -0.489 e. The number of halogens is 1. The second-order valence-electron chi connectivity index (χ2n) is 18.8. The number of nitrogens with zero attached hydrogens (tertiary/aromatic N) is 3. The van der Waals surface area contributed by atoms with E-state index >= 15 is 4.79 Å². The van der Waals surface area contributed by atoms with E-state index in [0.29, 0.717) is 59.8 Å². The van der Waals surface area contributed by atoms with Crippen molar-refractivity contribution in [2.45, 2.75) is 101 Å². The molecule has 2 N–H and O–H groups in total. The number of fused-ring (bicyclic) bond motifs is 3. The van der Waals surface area contributed by atoms with E-state index in [2.05, 4.69) is 36.9 Å². The Balaban J connectivity index is 1.27. The maximum Gasteiger partial charge on any atom is 0.254 e. The zero-order valence-corrected chi connectivity index (χ0v) is 39.6. The molecule has 0 bridgehead atoms. The summed E-state index contributed by atoms with van der Waals surface area (Å²) in [6, 6.07) is 34.6. The molecule has 2 fully saturated rings. The first-order valence-corrected chi connectivity index (χ1v) is 24.9. The van der Waals surface area contributed by atoms with Crippen molar-refractivity contribution in [3.63, 3.8) is 0 Å². The number of aliphatic hydroxyl groups is 2. The van der Waals surface area contributed by atoms with Gasteiger partial charge in [0.1, 0.15) is 30.0 Å². The third-order valence-corrected chi connectivity index (χ3v) is 14.5. The summed E-state index contributed by atoms with van der Waals surface area (Å²) >= 11 is 0. The molecule has 12 heteroatoms. The van der Waals surface area contributed by atoms with Crippen LogP contribution in [-0.4, -0.2) is 71.3 Å². The van der Waals surface area contributed by atoms with Crippen LogP contribution in [0.1, 0.15) is 103 Å². The van der Waals surface area contributed by atoms with Gasteiger partial charge in [0.05, 0.1) is 36.5 Å². The predicted octanol–water partition coefficient (Wildman–Crippen LogP) is 10.9. The fraction of sp³-hybridized carbons (Fsp3) is 0.397. The molecule has 1 saturated carbocycles. The molecule has 2 aliphatic carbocycles. The molecule has 2 heterocycles. The largest absolute Gasteiger partial charge is 0.489 e. The Hall–Kier alpha value is -6.36. The number of benzene rings is 5. The van der Waals surface area contributed by atoms with Gasteiger partial charge in [-0.15, -0.1) is 6.58 Å². The fourth-order valence-corrected chi connectivity index (χ4v) is 11.2. The summed E-state index contributed by atoms with van der Waals surface area (Å²) in [5, 5.41) is 37.0. The first-order chi connectivity index (χ1) is 34.3. The number of nitriles is 1. The number of ether oxygens (including phenoxy) is 4. The number of rotatable bonds is 20. The van der Waals surface area contributed by atoms with E-state index < -0.39 is 24.0 Å². The van der Waals surface area contributed by atoms with E-state index in [-0.39, 0.29) is 68.9 Å². The van der Waals surface area contributed by atoms with Crippen LogP contribution in [0.3, 0.4) is 0 Å². The summed E-state index contributed by atoms with van der Waals surface area (Å²) in [6.07, 6.45) is 10.5. The van der Waals surface area contributed by atoms with Crippen molar-refractivity contribution in [3.05, 3.63) is 167 Å². The van der Waals surface area contributed by atoms with Gasteiger partial charge in [-0.3, -0.25) is 4.79 Å². The molecule has 70 heavy (non-hydrogen) atoms. The molecule has 1 amide bonds. The highest BCUT2D eigenvalue weighted by Gasteiger charge is 2.65. The quantitative estimate of drug-likeness (QED) is 0.0443. The van der Waals surface area contributed by atoms with Gasteiger partial charge in [0.2, 0.25) is 12.1 Å². The van der Waals surface area contributed by atoms with Gasteiger partial charge >= 0.3 is 0 Å². The summed E-state index contributed by atoms with van der Waals surface area (Å²) in [6.45, 7) is 5.07. The van der Waals surface area contributed by atoms with Gasteiger partial charge in [-0.1, -0.05) is 90.8 Å². The minimum atomic E-state index is -1.54. The van der Waals surface area contributed by atoms with Gasteiger partial charge in [0, 0.05) is 55.2 Å². The number of aliphatic hydroxyl groups excluding tert-OH is 2. The lowest BCUT2D eigenvalue weighted by Gasteiger charge is -2.60. The molecular weight excluding hydrogens is 886 g/mol. The van der Waals surface area contributed by atoms with Crippen LogP contribution in [0.4, 0.5) is 4.39 Å². The van der Waals surface area contributed by atoms with Gasteiger partial charge in [0.25, 0.3) is 5.91 Å². The molecule has 11 nitrogen and oxygen atoms in total. The van der Waals surface area contributed by atoms with Crippen LogP contribution in [0.25, 0.3) is 10.8 Å². The van der Waals surface area contributed by atoms with Crippen molar-refractivity contribution in [2.75, 3.05) is 26.4 Å². The topological polar surface area (TPSA) is 143 Å². The van der Waals surface area contributed by atoms with E-state index in [4.69, 9.17) is 28.9 Å². The van der Waals surface area contributed by atoms with Crippen LogP contribution >= 0.6 is 0 Å². The maximum absolute atomic E-state index is 15.7. The molecule has 2 aliphatic heterocycles. The number of carbonyl (C=O) groups is 1. The van der Waals surface area contributed by atoms with Gasteiger partial charge in [-0.25, -0.2) is 4.39 Å². The fourth-order valence-electron chi connectivity index (χ4n) is 11.2. The Labute approximate surface area is 409 Å². The predicted molar refractivity (Wildman–Crippen MR) is 265 cm³/mol. The molecule has 1 saturated heterocycles. The second-order valence-corrected chi connectivity index (χ2v) is 18.8. The summed E-state index contributed by atoms with van der Waals surface area (Å²) in [4.78, 5) is 23.9. The minimum absolute atomic E-state index is 0.00674. The van der Waals surface area contributed by atoms with Crippen molar-refractivity contribution >= 4 is 22.4 Å². The summed E-state index contributed by atoms with van der Waals surface area (Å²) in [7, 11) is 0. The van der Waals surface area contributed by atoms with Crippen LogP contribution in [0.2, 0.25) is 0 Å². The molecule has 9 rings (SSSR count). The molecule has 4 aliphatic rings. The number of oxime groups is 1. The monoisotopic (exact) mass is 947 g/mol. The molecular formula is C58H62FN3O8. The Morgan fingerprint density at radius 1 is 0.929 bits per heavy atom. The number of unbranched alkanes of at least 4 members (excludes halogenated alkanes) is 2. The lowest BCUT2D eigenvalue weighted by Crippen LogP contribution is -2.70. The highest BCUT2D eigenvalue weighted by Crippen LogP contribution is 2.62. The van der Waals surface area contributed by atoms with Crippen LogP contribution < -0.4 is 9.47 Å². The van der Waals surface area contributed by atoms with Crippen molar-refractivity contribution in [3.8, 4) is 17.6 Å². The van der Waals surface area contributed by atoms with E-state index in [0.717, 1.165) is 66.0 Å². The summed E-state index contributed by atoms with van der Waals surface area (Å²) in [5.41, 5.74) is 4.61. The molecule has 0 spiro atoms. The van der Waals surface area contributed by atoms with Gasteiger partial charge in [0.15, 0.2) is 0 Å². The van der Waals surface area contributed by atoms with E-state index in [1.165, 1.54) is 6.07 Å². The second kappa shape index (κ2) is 22.6. The number of hydrogen-bond donors (Lipinski definition) is 2. The number of carbonyl (C=O) groups excluding carboxylic acids is 1. The van der Waals surface area contributed by atoms with Crippen molar-refractivity contribution in [2.24, 2.45) is 22.9 Å². The summed E-state index contributed by atoms with van der Waals surface area (Å²) in [5.74, 6) is -1.98. The van der Waals surface area contributed by atoms with Crippen LogP contribution in [0.5, 0.6) is 11.5 Å². The van der Waals surface area contributed by atoms with Crippen LogP contribution in [0, 0.1) is 34.9 Å². The van der Waals surface area contributed by atoms with E-state index in [9.17, 15) is 19.9 Å². The smallest absolute Gasteiger partial charge is 0.254 e. The SMILES string of the molecule is C=CCOC12Oc3ccc(OCc4ccccc4F)cc3C3C(CCCCO)C(CCCCO)C=C(C(=NOC4CCCCO4)CC1N(Cc1cccc4ccccc14)C(=O)c1ccc(C#N)cc1)C32. The number of hydrogen-bond acceptors (Lipinski definition) is 10. The molecule has 364 valence electrons. The highest BCUT2D eigenvalue weighted by molar-refractivity contribution is 6.03.